The number of benzene rings is 2. The van der Waals surface area contributed by atoms with E-state index in [9.17, 15) is 5.11 Å². The summed E-state index contributed by atoms with van der Waals surface area (Å²) in [4.78, 5) is 16.3. The van der Waals surface area contributed by atoms with E-state index in [1.54, 1.807) is 13.2 Å². The Balaban J connectivity index is 1.68. The third-order valence-electron chi connectivity index (χ3n) is 6.58. The Kier molecular flexibility index (Phi) is 4.28. The van der Waals surface area contributed by atoms with E-state index in [0.717, 1.165) is 10.2 Å². The van der Waals surface area contributed by atoms with Gasteiger partial charge in [0.25, 0.3) is 5.79 Å². The number of methoxy groups -OCH3 is 1. The van der Waals surface area contributed by atoms with Crippen LogP contribution >= 0.6 is 11.3 Å². The number of rotatable bonds is 3. The van der Waals surface area contributed by atoms with Crippen molar-refractivity contribution in [1.82, 2.24) is 4.98 Å². The zero-order valence-electron chi connectivity index (χ0n) is 18.6. The molecule has 3 aromatic rings. The fraction of sp³-hybridized carbons (Fsp3) is 0.458. The molecule has 6 nitrogen and oxygen atoms in total. The fourth-order valence-electron chi connectivity index (χ4n) is 5.38. The van der Waals surface area contributed by atoms with Gasteiger partial charge in [-0.2, -0.15) is 4.89 Å². The summed E-state index contributed by atoms with van der Waals surface area (Å²) in [5.74, 6) is -0.560. The molecule has 2 atom stereocenters. The maximum Gasteiger partial charge on any atom is 0.261 e. The van der Waals surface area contributed by atoms with Crippen LogP contribution in [0.15, 0.2) is 36.4 Å². The van der Waals surface area contributed by atoms with E-state index in [1.807, 2.05) is 30.3 Å². The van der Waals surface area contributed by atoms with Gasteiger partial charge in [-0.25, -0.2) is 9.87 Å². The van der Waals surface area contributed by atoms with Crippen molar-refractivity contribution >= 4 is 21.6 Å². The smallest absolute Gasteiger partial charge is 0.261 e. The monoisotopic (exact) mass is 441 g/mol. The first kappa shape index (κ1) is 20.7. The van der Waals surface area contributed by atoms with Crippen molar-refractivity contribution in [3.63, 3.8) is 0 Å². The first-order chi connectivity index (χ1) is 14.6. The maximum absolute atomic E-state index is 11.1. The molecule has 164 valence electrons. The van der Waals surface area contributed by atoms with Gasteiger partial charge in [-0.15, -0.1) is 11.3 Å². The molecule has 1 aromatic heterocycles. The summed E-state index contributed by atoms with van der Waals surface area (Å²) >= 11 is 1.51. The Morgan fingerprint density at radius 3 is 2.48 bits per heavy atom. The molecule has 0 amide bonds. The van der Waals surface area contributed by atoms with Crippen LogP contribution in [0.5, 0.6) is 11.5 Å². The van der Waals surface area contributed by atoms with Gasteiger partial charge < -0.3 is 14.6 Å². The van der Waals surface area contributed by atoms with Crippen molar-refractivity contribution in [3.8, 4) is 22.1 Å². The van der Waals surface area contributed by atoms with Crippen LogP contribution in [-0.2, 0) is 20.3 Å². The Morgan fingerprint density at radius 2 is 1.87 bits per heavy atom. The Hall–Kier alpha value is -2.19. The lowest BCUT2D eigenvalue weighted by molar-refractivity contribution is -0.626. The summed E-state index contributed by atoms with van der Waals surface area (Å²) in [7, 11) is 1.58. The second-order valence-electron chi connectivity index (χ2n) is 9.95. The zero-order valence-corrected chi connectivity index (χ0v) is 19.4. The minimum Gasteiger partial charge on any atom is -0.507 e. The van der Waals surface area contributed by atoms with Crippen LogP contribution in [0.3, 0.4) is 0 Å². The van der Waals surface area contributed by atoms with Crippen LogP contribution in [0.1, 0.15) is 40.2 Å². The third-order valence-corrected chi connectivity index (χ3v) is 7.64. The zero-order chi connectivity index (χ0) is 22.2. The lowest BCUT2D eigenvalue weighted by atomic mass is 9.57. The van der Waals surface area contributed by atoms with Gasteiger partial charge in [0.15, 0.2) is 5.60 Å². The highest BCUT2D eigenvalue weighted by molar-refractivity contribution is 7.21. The number of fused-ring (bicyclic) bond motifs is 2. The van der Waals surface area contributed by atoms with Gasteiger partial charge in [0.2, 0.25) is 0 Å². The average Bonchev–Trinajstić information content (AvgIpc) is 3.15. The highest BCUT2D eigenvalue weighted by Crippen LogP contribution is 2.69. The van der Waals surface area contributed by atoms with Gasteiger partial charge in [0, 0.05) is 16.4 Å². The molecule has 0 spiro atoms. The molecule has 7 heteroatoms. The summed E-state index contributed by atoms with van der Waals surface area (Å²) in [5.41, 5.74) is 0.774. The molecule has 31 heavy (non-hydrogen) atoms. The van der Waals surface area contributed by atoms with Crippen molar-refractivity contribution in [3.05, 3.63) is 42.0 Å². The topological polar surface area (TPSA) is 70.0 Å². The Morgan fingerprint density at radius 1 is 1.13 bits per heavy atom. The molecule has 0 bridgehead atoms. The molecule has 2 saturated heterocycles. The molecule has 2 aliphatic heterocycles. The largest absolute Gasteiger partial charge is 0.507 e. The standard InChI is InChI=1S/C24H27NO5S/c1-21(2,3)24-22(4,5)13-28-23(24,29-30-24)14-11-16(26)19(17(12-14)27-6)20-25-15-9-7-8-10-18(15)31-20/h7-12,26H,13H2,1-6H3. The van der Waals surface area contributed by atoms with Crippen molar-refractivity contribution < 1.29 is 24.4 Å². The predicted molar refractivity (Wildman–Crippen MR) is 119 cm³/mol. The summed E-state index contributed by atoms with van der Waals surface area (Å²) < 4.78 is 13.0. The Bertz CT molecular complexity index is 1150. The fourth-order valence-corrected chi connectivity index (χ4v) is 6.41. The molecule has 0 saturated carbocycles. The Labute approximate surface area is 185 Å². The summed E-state index contributed by atoms with van der Waals surface area (Å²) in [6.45, 7) is 11.1. The van der Waals surface area contributed by atoms with E-state index in [4.69, 9.17) is 24.2 Å². The number of phenols is 1. The molecule has 3 heterocycles. The molecule has 2 unspecified atom stereocenters. The lowest BCUT2D eigenvalue weighted by Crippen LogP contribution is -2.73. The minimum atomic E-state index is -1.13. The van der Waals surface area contributed by atoms with E-state index in [-0.39, 0.29) is 16.6 Å². The number of para-hydroxylation sites is 1. The van der Waals surface area contributed by atoms with Crippen LogP contribution in [0.4, 0.5) is 0 Å². The van der Waals surface area contributed by atoms with Gasteiger partial charge in [0.1, 0.15) is 16.5 Å². The molecule has 2 aromatic carbocycles. The van der Waals surface area contributed by atoms with E-state index in [2.05, 4.69) is 34.6 Å². The molecule has 0 aliphatic carbocycles. The summed E-state index contributed by atoms with van der Waals surface area (Å²) in [6, 6.07) is 11.4. The summed E-state index contributed by atoms with van der Waals surface area (Å²) in [6.07, 6.45) is 0. The normalized spacial score (nSPS) is 27.2. The SMILES string of the molecule is COc1cc(C23OCC(C)(C)C2(C(C)(C)C)OO3)cc(O)c1-c1nc2ccccc2s1. The average molecular weight is 442 g/mol. The van der Waals surface area contributed by atoms with Crippen molar-refractivity contribution in [1.29, 1.82) is 0 Å². The molecule has 5 rings (SSSR count). The van der Waals surface area contributed by atoms with Gasteiger partial charge >= 0.3 is 0 Å². The molecule has 1 N–H and O–H groups in total. The van der Waals surface area contributed by atoms with E-state index < -0.39 is 11.4 Å². The van der Waals surface area contributed by atoms with Crippen LogP contribution in [0.25, 0.3) is 20.8 Å². The number of aromatic nitrogens is 1. The van der Waals surface area contributed by atoms with Gasteiger partial charge in [0.05, 0.1) is 29.5 Å². The molecular weight excluding hydrogens is 414 g/mol. The first-order valence-corrected chi connectivity index (χ1v) is 11.2. The highest BCUT2D eigenvalue weighted by atomic mass is 32.1. The predicted octanol–water partition coefficient (Wildman–Crippen LogP) is 5.63. The van der Waals surface area contributed by atoms with Crippen molar-refractivity contribution in [2.24, 2.45) is 10.8 Å². The molecule has 0 radical (unpaired) electrons. The van der Waals surface area contributed by atoms with E-state index in [0.29, 0.717) is 28.5 Å². The molecular formula is C24H27NO5S. The number of hydrogen-bond donors (Lipinski definition) is 1. The van der Waals surface area contributed by atoms with Crippen molar-refractivity contribution in [2.45, 2.75) is 46.0 Å². The van der Waals surface area contributed by atoms with E-state index >= 15 is 0 Å². The second kappa shape index (κ2) is 6.42. The van der Waals surface area contributed by atoms with Crippen LogP contribution in [0.2, 0.25) is 0 Å². The number of hydrogen-bond acceptors (Lipinski definition) is 7. The molecule has 2 fully saturated rings. The number of phenolic OH excluding ortho intramolecular Hbond substituents is 1. The number of thiazole rings is 1. The van der Waals surface area contributed by atoms with Gasteiger partial charge in [-0.05, 0) is 24.3 Å². The molecule has 2 aliphatic rings. The number of ether oxygens (including phenoxy) is 2. The van der Waals surface area contributed by atoms with Crippen LogP contribution < -0.4 is 4.74 Å². The second-order valence-corrected chi connectivity index (χ2v) is 11.0. The van der Waals surface area contributed by atoms with Crippen LogP contribution in [-0.4, -0.2) is 29.4 Å². The van der Waals surface area contributed by atoms with Gasteiger partial charge in [-0.3, -0.25) is 0 Å². The lowest BCUT2D eigenvalue weighted by Gasteiger charge is -2.61. The van der Waals surface area contributed by atoms with E-state index in [1.165, 1.54) is 11.3 Å². The minimum absolute atomic E-state index is 0.0643. The van der Waals surface area contributed by atoms with Gasteiger partial charge in [-0.1, -0.05) is 46.8 Å². The summed E-state index contributed by atoms with van der Waals surface area (Å²) in [5, 5.41) is 11.8. The quantitative estimate of drug-likeness (QED) is 0.531. The third kappa shape index (κ3) is 2.52. The first-order valence-electron chi connectivity index (χ1n) is 10.3. The highest BCUT2D eigenvalue weighted by Gasteiger charge is 2.81. The van der Waals surface area contributed by atoms with Crippen LogP contribution in [0, 0.1) is 10.8 Å². The number of aromatic hydroxyl groups is 1. The van der Waals surface area contributed by atoms with Crippen molar-refractivity contribution in [2.75, 3.05) is 13.7 Å². The maximum atomic E-state index is 11.1. The number of nitrogens with zero attached hydrogens (tertiary/aromatic N) is 1.